The highest BCUT2D eigenvalue weighted by Gasteiger charge is 2.19. The normalized spacial score (nSPS) is 11.3. The van der Waals surface area contributed by atoms with Gasteiger partial charge in [-0.2, -0.15) is 0 Å². The molecule has 23 heavy (non-hydrogen) atoms. The topological polar surface area (TPSA) is 111 Å². The van der Waals surface area contributed by atoms with Gasteiger partial charge in [-0.15, -0.1) is 0 Å². The van der Waals surface area contributed by atoms with Crippen LogP contribution >= 0.6 is 0 Å². The molecular formula is C15H13N3O5. The molecule has 0 radical (unpaired) electrons. The number of anilines is 1. The molecule has 8 nitrogen and oxygen atoms in total. The second-order valence-corrected chi connectivity index (χ2v) is 4.58. The molecule has 0 aliphatic rings. The van der Waals surface area contributed by atoms with Gasteiger partial charge in [-0.05, 0) is 25.1 Å². The fraction of sp³-hybridized carbons (Fsp3) is 0.133. The Morgan fingerprint density at radius 2 is 1.96 bits per heavy atom. The summed E-state index contributed by atoms with van der Waals surface area (Å²) in [6.07, 6.45) is 1.81. The number of carbonyl (C=O) groups is 2. The number of nitrogens with one attached hydrogen (secondary N) is 1. The average molecular weight is 315 g/mol. The van der Waals surface area contributed by atoms with Crippen LogP contribution in [0, 0.1) is 10.1 Å². The van der Waals surface area contributed by atoms with E-state index >= 15 is 0 Å². The predicted octanol–water partition coefficient (Wildman–Crippen LogP) is 2.17. The van der Waals surface area contributed by atoms with Crippen molar-refractivity contribution in [2.24, 2.45) is 0 Å². The van der Waals surface area contributed by atoms with Gasteiger partial charge in [-0.1, -0.05) is 6.07 Å². The van der Waals surface area contributed by atoms with Gasteiger partial charge in [-0.25, -0.2) is 4.79 Å². The highest BCUT2D eigenvalue weighted by molar-refractivity contribution is 5.97. The lowest BCUT2D eigenvalue weighted by Gasteiger charge is -2.13. The number of hydrogen-bond acceptors (Lipinski definition) is 6. The van der Waals surface area contributed by atoms with Crippen molar-refractivity contribution >= 4 is 23.3 Å². The zero-order chi connectivity index (χ0) is 16.8. The summed E-state index contributed by atoms with van der Waals surface area (Å²) in [7, 11) is 0. The maximum atomic E-state index is 12.0. The zero-order valence-electron chi connectivity index (χ0n) is 12.1. The Bertz CT molecular complexity index is 733. The van der Waals surface area contributed by atoms with Crippen LogP contribution in [0.25, 0.3) is 0 Å². The van der Waals surface area contributed by atoms with E-state index in [-0.39, 0.29) is 16.9 Å². The average Bonchev–Trinajstić information content (AvgIpc) is 2.55. The molecule has 0 saturated carbocycles. The van der Waals surface area contributed by atoms with Crippen LogP contribution in [0.15, 0.2) is 48.8 Å². The van der Waals surface area contributed by atoms with Crippen molar-refractivity contribution in [1.29, 1.82) is 0 Å². The van der Waals surface area contributed by atoms with Crippen LogP contribution in [0.2, 0.25) is 0 Å². The van der Waals surface area contributed by atoms with Crippen LogP contribution in [0.4, 0.5) is 11.4 Å². The molecule has 1 heterocycles. The summed E-state index contributed by atoms with van der Waals surface area (Å²) >= 11 is 0. The van der Waals surface area contributed by atoms with Gasteiger partial charge in [-0.3, -0.25) is 19.9 Å². The second kappa shape index (κ2) is 7.12. The van der Waals surface area contributed by atoms with Crippen molar-refractivity contribution in [3.05, 3.63) is 64.5 Å². The Labute approximate surface area is 131 Å². The maximum Gasteiger partial charge on any atom is 0.339 e. The van der Waals surface area contributed by atoms with Crippen molar-refractivity contribution in [2.75, 3.05) is 5.32 Å². The summed E-state index contributed by atoms with van der Waals surface area (Å²) in [5, 5.41) is 13.2. The fourth-order valence-electron chi connectivity index (χ4n) is 1.71. The summed E-state index contributed by atoms with van der Waals surface area (Å²) in [6.45, 7) is 1.41. The lowest BCUT2D eigenvalue weighted by Crippen LogP contribution is -2.30. The van der Waals surface area contributed by atoms with E-state index in [4.69, 9.17) is 4.74 Å². The smallest absolute Gasteiger partial charge is 0.339 e. The minimum absolute atomic E-state index is 0.149. The van der Waals surface area contributed by atoms with Gasteiger partial charge in [0.25, 0.3) is 11.6 Å². The lowest BCUT2D eigenvalue weighted by atomic mass is 10.2. The first kappa shape index (κ1) is 16.1. The van der Waals surface area contributed by atoms with E-state index in [0.717, 1.165) is 0 Å². The Hall–Kier alpha value is -3.29. The molecule has 0 unspecified atom stereocenters. The molecule has 2 aromatic rings. The van der Waals surface area contributed by atoms with Crippen LogP contribution in [0.1, 0.15) is 17.3 Å². The third-order valence-corrected chi connectivity index (χ3v) is 2.89. The fourth-order valence-corrected chi connectivity index (χ4v) is 1.71. The molecule has 0 aliphatic carbocycles. The molecule has 8 heteroatoms. The number of hydrogen-bond donors (Lipinski definition) is 1. The molecule has 118 valence electrons. The number of carbonyl (C=O) groups excluding carboxylic acids is 2. The van der Waals surface area contributed by atoms with Gasteiger partial charge in [0.2, 0.25) is 0 Å². The maximum absolute atomic E-state index is 12.0. The number of amides is 1. The molecule has 0 spiro atoms. The summed E-state index contributed by atoms with van der Waals surface area (Å²) in [4.78, 5) is 37.7. The standard InChI is InChI=1S/C15H13N3O5/c1-10(23-15(20)11-5-7-16-8-6-11)14(19)17-12-3-2-4-13(9-12)18(21)22/h2-10H,1H3,(H,17,19)/t10-/m0/s1. The van der Waals surface area contributed by atoms with E-state index in [1.807, 2.05) is 0 Å². The van der Waals surface area contributed by atoms with Crippen molar-refractivity contribution in [2.45, 2.75) is 13.0 Å². The van der Waals surface area contributed by atoms with Gasteiger partial charge in [0, 0.05) is 30.2 Å². The largest absolute Gasteiger partial charge is 0.449 e. The molecule has 1 aromatic heterocycles. The Morgan fingerprint density at radius 1 is 1.26 bits per heavy atom. The van der Waals surface area contributed by atoms with Gasteiger partial charge in [0.1, 0.15) is 0 Å². The SMILES string of the molecule is C[C@H](OC(=O)c1ccncc1)C(=O)Nc1cccc([N+](=O)[O-])c1. The van der Waals surface area contributed by atoms with Crippen LogP contribution < -0.4 is 5.32 Å². The van der Waals surface area contributed by atoms with Crippen LogP contribution in [0.5, 0.6) is 0 Å². The van der Waals surface area contributed by atoms with Crippen molar-refractivity contribution < 1.29 is 19.2 Å². The summed E-state index contributed by atoms with van der Waals surface area (Å²) in [5.74, 6) is -1.25. The minimum Gasteiger partial charge on any atom is -0.449 e. The van der Waals surface area contributed by atoms with Crippen LogP contribution in [-0.2, 0) is 9.53 Å². The number of rotatable bonds is 5. The number of nitrogens with zero attached hydrogens (tertiary/aromatic N) is 2. The molecule has 1 N–H and O–H groups in total. The third kappa shape index (κ3) is 4.34. The van der Waals surface area contributed by atoms with Crippen LogP contribution in [-0.4, -0.2) is 27.9 Å². The number of pyridine rings is 1. The molecule has 0 aliphatic heterocycles. The van der Waals surface area contributed by atoms with E-state index in [0.29, 0.717) is 0 Å². The highest BCUT2D eigenvalue weighted by Crippen LogP contribution is 2.17. The highest BCUT2D eigenvalue weighted by atomic mass is 16.6. The molecule has 2 rings (SSSR count). The first-order chi connectivity index (χ1) is 11.0. The molecule has 0 bridgehead atoms. The Morgan fingerprint density at radius 3 is 2.61 bits per heavy atom. The summed E-state index contributed by atoms with van der Waals surface area (Å²) in [6, 6.07) is 8.41. The quantitative estimate of drug-likeness (QED) is 0.514. The van der Waals surface area contributed by atoms with Gasteiger partial charge in [0.15, 0.2) is 6.10 Å². The molecule has 1 atom stereocenters. The number of non-ortho nitro benzene ring substituents is 1. The number of benzene rings is 1. The van der Waals surface area contributed by atoms with Crippen LogP contribution in [0.3, 0.4) is 0 Å². The van der Waals surface area contributed by atoms with Crippen molar-refractivity contribution in [1.82, 2.24) is 4.98 Å². The number of nitro groups is 1. The number of esters is 1. The second-order valence-electron chi connectivity index (χ2n) is 4.58. The van der Waals surface area contributed by atoms with E-state index in [2.05, 4.69) is 10.3 Å². The first-order valence-corrected chi connectivity index (χ1v) is 6.63. The van der Waals surface area contributed by atoms with Gasteiger partial charge >= 0.3 is 5.97 Å². The molecular weight excluding hydrogens is 302 g/mol. The lowest BCUT2D eigenvalue weighted by molar-refractivity contribution is -0.384. The number of aromatic nitrogens is 1. The van der Waals surface area contributed by atoms with E-state index in [1.54, 1.807) is 0 Å². The number of ether oxygens (including phenoxy) is 1. The van der Waals surface area contributed by atoms with Gasteiger partial charge in [0.05, 0.1) is 10.5 Å². The number of nitro benzene ring substituents is 1. The Balaban J connectivity index is 1.99. The molecule has 0 saturated heterocycles. The van der Waals surface area contributed by atoms with E-state index in [9.17, 15) is 19.7 Å². The van der Waals surface area contributed by atoms with Crippen molar-refractivity contribution in [3.63, 3.8) is 0 Å². The van der Waals surface area contributed by atoms with Gasteiger partial charge < -0.3 is 10.1 Å². The molecule has 0 fully saturated rings. The zero-order valence-corrected chi connectivity index (χ0v) is 12.1. The molecule has 1 aromatic carbocycles. The predicted molar refractivity (Wildman–Crippen MR) is 80.8 cm³/mol. The third-order valence-electron chi connectivity index (χ3n) is 2.89. The summed E-state index contributed by atoms with van der Waals surface area (Å²) in [5.41, 5.74) is 0.371. The minimum atomic E-state index is -1.06. The Kier molecular flexibility index (Phi) is 4.98. The van der Waals surface area contributed by atoms with E-state index < -0.39 is 22.9 Å². The monoisotopic (exact) mass is 315 g/mol. The summed E-state index contributed by atoms with van der Waals surface area (Å²) < 4.78 is 5.04. The molecule has 1 amide bonds. The first-order valence-electron chi connectivity index (χ1n) is 6.63. The van der Waals surface area contributed by atoms with E-state index in [1.165, 1.54) is 55.7 Å². The van der Waals surface area contributed by atoms with Crippen molar-refractivity contribution in [3.8, 4) is 0 Å².